The summed E-state index contributed by atoms with van der Waals surface area (Å²) in [5.74, 6) is 1.03. The summed E-state index contributed by atoms with van der Waals surface area (Å²) >= 11 is 7.44. The Bertz CT molecular complexity index is 1390. The molecular formula is C26H24ClN3O4S. The number of methoxy groups -OCH3 is 2. The number of carbonyl (C=O) groups excluding carboxylic acids is 1. The summed E-state index contributed by atoms with van der Waals surface area (Å²) in [6.45, 7) is 0.803. The molecule has 3 aromatic carbocycles. The second kappa shape index (κ2) is 11.4. The average molecular weight is 510 g/mol. The van der Waals surface area contributed by atoms with Gasteiger partial charge in [-0.15, -0.1) is 0 Å². The SMILES string of the molecule is COCCNC(=O)c1ccc2c(=O)n(-c3ccc(OC)cc3)c(SCc3ccc(Cl)cc3)nc2c1. The van der Waals surface area contributed by atoms with Crippen molar-refractivity contribution in [2.24, 2.45) is 0 Å². The van der Waals surface area contributed by atoms with Crippen molar-refractivity contribution in [2.45, 2.75) is 10.9 Å². The minimum absolute atomic E-state index is 0.217. The lowest BCUT2D eigenvalue weighted by atomic mass is 10.1. The number of aromatic nitrogens is 2. The number of nitrogens with zero attached hydrogens (tertiary/aromatic N) is 2. The topological polar surface area (TPSA) is 82.5 Å². The van der Waals surface area contributed by atoms with Gasteiger partial charge >= 0.3 is 0 Å². The smallest absolute Gasteiger partial charge is 0.266 e. The van der Waals surface area contributed by atoms with Crippen molar-refractivity contribution in [3.05, 3.63) is 93.2 Å². The molecule has 0 fully saturated rings. The Morgan fingerprint density at radius 1 is 1.06 bits per heavy atom. The average Bonchev–Trinajstić information content (AvgIpc) is 2.88. The molecule has 4 rings (SSSR count). The van der Waals surface area contributed by atoms with Crippen molar-refractivity contribution in [1.29, 1.82) is 0 Å². The summed E-state index contributed by atoms with van der Waals surface area (Å²) in [6, 6.07) is 19.7. The highest BCUT2D eigenvalue weighted by molar-refractivity contribution is 7.98. The van der Waals surface area contributed by atoms with E-state index in [4.69, 9.17) is 26.1 Å². The molecule has 1 aromatic heterocycles. The second-order valence-corrected chi connectivity index (χ2v) is 9.01. The number of hydrogen-bond acceptors (Lipinski definition) is 6. The normalized spacial score (nSPS) is 10.9. The quantitative estimate of drug-likeness (QED) is 0.200. The van der Waals surface area contributed by atoms with Crippen LogP contribution in [0.4, 0.5) is 0 Å². The van der Waals surface area contributed by atoms with Gasteiger partial charge in [0, 0.05) is 30.0 Å². The van der Waals surface area contributed by atoms with Gasteiger partial charge in [0.1, 0.15) is 5.75 Å². The number of ether oxygens (including phenoxy) is 2. The highest BCUT2D eigenvalue weighted by atomic mass is 35.5. The standard InChI is InChI=1S/C26H24ClN3O4S/c1-33-14-13-28-24(31)18-5-12-22-23(15-18)29-26(35-16-17-3-6-19(27)7-4-17)30(25(22)32)20-8-10-21(34-2)11-9-20/h3-12,15H,13-14,16H2,1-2H3,(H,28,31). The van der Waals surface area contributed by atoms with Crippen LogP contribution in [0, 0.1) is 0 Å². The number of carbonyl (C=O) groups is 1. The van der Waals surface area contributed by atoms with Crippen LogP contribution in [-0.2, 0) is 10.5 Å². The van der Waals surface area contributed by atoms with Crippen LogP contribution in [0.15, 0.2) is 76.7 Å². The van der Waals surface area contributed by atoms with Gasteiger partial charge in [0.05, 0.1) is 30.3 Å². The van der Waals surface area contributed by atoms with Gasteiger partial charge in [-0.25, -0.2) is 4.98 Å². The summed E-state index contributed by atoms with van der Waals surface area (Å²) in [5.41, 5.74) is 2.38. The van der Waals surface area contributed by atoms with E-state index in [-0.39, 0.29) is 11.5 Å². The van der Waals surface area contributed by atoms with Crippen molar-refractivity contribution >= 4 is 40.2 Å². The molecule has 1 N–H and O–H groups in total. The predicted octanol–water partition coefficient (Wildman–Crippen LogP) is 4.72. The zero-order valence-corrected chi connectivity index (χ0v) is 20.9. The van der Waals surface area contributed by atoms with Crippen LogP contribution in [0.1, 0.15) is 15.9 Å². The molecule has 1 heterocycles. The van der Waals surface area contributed by atoms with E-state index in [1.54, 1.807) is 49.1 Å². The zero-order valence-electron chi connectivity index (χ0n) is 19.3. The molecule has 0 bridgehead atoms. The summed E-state index contributed by atoms with van der Waals surface area (Å²) in [6.07, 6.45) is 0. The molecular weight excluding hydrogens is 486 g/mol. The first-order valence-electron chi connectivity index (χ1n) is 10.9. The third kappa shape index (κ3) is 5.85. The highest BCUT2D eigenvalue weighted by Crippen LogP contribution is 2.26. The van der Waals surface area contributed by atoms with Crippen LogP contribution >= 0.6 is 23.4 Å². The van der Waals surface area contributed by atoms with Gasteiger partial charge in [-0.2, -0.15) is 0 Å². The van der Waals surface area contributed by atoms with E-state index < -0.39 is 0 Å². The van der Waals surface area contributed by atoms with E-state index in [1.165, 1.54) is 11.8 Å². The Kier molecular flexibility index (Phi) is 8.07. The van der Waals surface area contributed by atoms with Gasteiger partial charge < -0.3 is 14.8 Å². The van der Waals surface area contributed by atoms with E-state index in [1.807, 2.05) is 36.4 Å². The molecule has 0 atom stereocenters. The number of amides is 1. The lowest BCUT2D eigenvalue weighted by Gasteiger charge is -2.14. The molecule has 0 aliphatic rings. The first-order valence-corrected chi connectivity index (χ1v) is 12.2. The first-order chi connectivity index (χ1) is 17.0. The van der Waals surface area contributed by atoms with Crippen molar-refractivity contribution in [1.82, 2.24) is 14.9 Å². The Morgan fingerprint density at radius 2 is 1.80 bits per heavy atom. The van der Waals surface area contributed by atoms with Crippen molar-refractivity contribution in [2.75, 3.05) is 27.4 Å². The monoisotopic (exact) mass is 509 g/mol. The minimum Gasteiger partial charge on any atom is -0.497 e. The number of thioether (sulfide) groups is 1. The summed E-state index contributed by atoms with van der Waals surface area (Å²) in [4.78, 5) is 30.9. The molecule has 0 unspecified atom stereocenters. The molecule has 0 aliphatic heterocycles. The van der Waals surface area contributed by atoms with E-state index in [9.17, 15) is 9.59 Å². The number of rotatable bonds is 9. The lowest BCUT2D eigenvalue weighted by Crippen LogP contribution is -2.27. The van der Waals surface area contributed by atoms with E-state index >= 15 is 0 Å². The molecule has 0 radical (unpaired) electrons. The number of fused-ring (bicyclic) bond motifs is 1. The fraction of sp³-hybridized carbons (Fsp3) is 0.192. The molecule has 1 amide bonds. The maximum atomic E-state index is 13.6. The molecule has 7 nitrogen and oxygen atoms in total. The summed E-state index contributed by atoms with van der Waals surface area (Å²) < 4.78 is 11.8. The summed E-state index contributed by atoms with van der Waals surface area (Å²) in [7, 11) is 3.17. The molecule has 9 heteroatoms. The molecule has 0 spiro atoms. The van der Waals surface area contributed by atoms with Gasteiger partial charge in [-0.3, -0.25) is 14.2 Å². The van der Waals surface area contributed by atoms with Crippen LogP contribution in [0.2, 0.25) is 5.02 Å². The number of nitrogens with one attached hydrogen (secondary N) is 1. The predicted molar refractivity (Wildman–Crippen MR) is 139 cm³/mol. The van der Waals surface area contributed by atoms with Crippen LogP contribution in [-0.4, -0.2) is 42.8 Å². The van der Waals surface area contributed by atoms with Gasteiger partial charge in [0.2, 0.25) is 0 Å². The Morgan fingerprint density at radius 3 is 2.49 bits per heavy atom. The fourth-order valence-electron chi connectivity index (χ4n) is 3.46. The third-order valence-corrected chi connectivity index (χ3v) is 6.57. The Hall–Kier alpha value is -3.33. The van der Waals surface area contributed by atoms with Gasteiger partial charge in [0.25, 0.3) is 11.5 Å². The van der Waals surface area contributed by atoms with Crippen LogP contribution < -0.4 is 15.6 Å². The van der Waals surface area contributed by atoms with Crippen LogP contribution in [0.5, 0.6) is 5.75 Å². The zero-order chi connectivity index (χ0) is 24.8. The maximum absolute atomic E-state index is 13.6. The van der Waals surface area contributed by atoms with E-state index in [2.05, 4.69) is 5.32 Å². The molecule has 4 aromatic rings. The number of benzene rings is 3. The second-order valence-electron chi connectivity index (χ2n) is 7.63. The third-order valence-electron chi connectivity index (χ3n) is 5.30. The van der Waals surface area contributed by atoms with Crippen molar-refractivity contribution in [3.63, 3.8) is 0 Å². The molecule has 0 saturated carbocycles. The van der Waals surface area contributed by atoms with Gasteiger partial charge in [0.15, 0.2) is 5.16 Å². The number of halogens is 1. The number of hydrogen-bond donors (Lipinski definition) is 1. The largest absolute Gasteiger partial charge is 0.497 e. The molecule has 180 valence electrons. The Labute approximate surface area is 212 Å². The first kappa shape index (κ1) is 24.8. The minimum atomic E-state index is -0.250. The fourth-order valence-corrected chi connectivity index (χ4v) is 4.55. The van der Waals surface area contributed by atoms with Gasteiger partial charge in [-0.05, 0) is 60.2 Å². The molecule has 0 aliphatic carbocycles. The molecule has 35 heavy (non-hydrogen) atoms. The summed E-state index contributed by atoms with van der Waals surface area (Å²) in [5, 5.41) is 4.39. The highest BCUT2D eigenvalue weighted by Gasteiger charge is 2.16. The van der Waals surface area contributed by atoms with E-state index in [0.29, 0.717) is 57.0 Å². The lowest BCUT2D eigenvalue weighted by molar-refractivity contribution is 0.0937. The van der Waals surface area contributed by atoms with Crippen molar-refractivity contribution in [3.8, 4) is 11.4 Å². The molecule has 0 saturated heterocycles. The van der Waals surface area contributed by atoms with Crippen LogP contribution in [0.25, 0.3) is 16.6 Å². The van der Waals surface area contributed by atoms with Gasteiger partial charge in [-0.1, -0.05) is 35.5 Å². The maximum Gasteiger partial charge on any atom is 0.266 e. The van der Waals surface area contributed by atoms with Crippen LogP contribution in [0.3, 0.4) is 0 Å². The Balaban J connectivity index is 1.76. The van der Waals surface area contributed by atoms with Crippen molar-refractivity contribution < 1.29 is 14.3 Å². The van der Waals surface area contributed by atoms with E-state index in [0.717, 1.165) is 5.56 Å².